The SMILES string of the molecule is CC/C(S)=C(\C)N(CC)C/C(N)=C(\C)NC. The predicted octanol–water partition coefficient (Wildman–Crippen LogP) is 2.29. The minimum atomic E-state index is 0.749. The Bertz CT molecular complexity index is 282. The second kappa shape index (κ2) is 7.49. The van der Waals surface area contributed by atoms with E-state index in [0.29, 0.717) is 0 Å². The van der Waals surface area contributed by atoms with Crippen molar-refractivity contribution in [2.75, 3.05) is 20.1 Å². The Morgan fingerprint density at radius 1 is 1.31 bits per heavy atom. The highest BCUT2D eigenvalue weighted by Gasteiger charge is 2.08. The lowest BCUT2D eigenvalue weighted by molar-refractivity contribution is 0.387. The highest BCUT2D eigenvalue weighted by molar-refractivity contribution is 7.84. The van der Waals surface area contributed by atoms with E-state index >= 15 is 0 Å². The molecule has 0 aliphatic carbocycles. The van der Waals surface area contributed by atoms with Crippen LogP contribution in [0.1, 0.15) is 34.1 Å². The van der Waals surface area contributed by atoms with Gasteiger partial charge in [-0.3, -0.25) is 0 Å². The van der Waals surface area contributed by atoms with Crippen LogP contribution in [0.4, 0.5) is 0 Å². The summed E-state index contributed by atoms with van der Waals surface area (Å²) >= 11 is 4.48. The molecule has 3 nitrogen and oxygen atoms in total. The molecular formula is C12H25N3S. The van der Waals surface area contributed by atoms with Crippen LogP contribution in [0.2, 0.25) is 0 Å². The fourth-order valence-corrected chi connectivity index (χ4v) is 1.53. The molecule has 0 amide bonds. The minimum Gasteiger partial charge on any atom is -0.399 e. The first kappa shape index (κ1) is 15.2. The van der Waals surface area contributed by atoms with E-state index in [1.165, 1.54) is 5.70 Å². The highest BCUT2D eigenvalue weighted by Crippen LogP contribution is 2.17. The monoisotopic (exact) mass is 243 g/mol. The lowest BCUT2D eigenvalue weighted by atomic mass is 10.2. The standard InChI is InChI=1S/C12H25N3S/c1-6-12(16)10(4)15(7-2)8-11(13)9(3)14-5/h14,16H,6-8,13H2,1-5H3/b11-9-,12-10-. The maximum absolute atomic E-state index is 6.01. The van der Waals surface area contributed by atoms with Crippen LogP contribution in [-0.4, -0.2) is 25.0 Å². The fraction of sp³-hybridized carbons (Fsp3) is 0.667. The zero-order valence-corrected chi connectivity index (χ0v) is 12.0. The number of allylic oxidation sites excluding steroid dienone is 3. The normalized spacial score (nSPS) is 14.1. The molecule has 0 aromatic carbocycles. The highest BCUT2D eigenvalue weighted by atomic mass is 32.1. The summed E-state index contributed by atoms with van der Waals surface area (Å²) in [6.07, 6.45) is 0.958. The van der Waals surface area contributed by atoms with Gasteiger partial charge in [0.2, 0.25) is 0 Å². The van der Waals surface area contributed by atoms with Gasteiger partial charge < -0.3 is 16.0 Å². The summed E-state index contributed by atoms with van der Waals surface area (Å²) in [6.45, 7) is 10.0. The minimum absolute atomic E-state index is 0.749. The smallest absolute Gasteiger partial charge is 0.0589 e. The van der Waals surface area contributed by atoms with Crippen LogP contribution >= 0.6 is 12.6 Å². The Balaban J connectivity index is 4.79. The third kappa shape index (κ3) is 4.39. The van der Waals surface area contributed by atoms with Gasteiger partial charge in [-0.15, -0.1) is 12.6 Å². The van der Waals surface area contributed by atoms with Gasteiger partial charge in [0.25, 0.3) is 0 Å². The van der Waals surface area contributed by atoms with E-state index in [1.54, 1.807) is 0 Å². The molecule has 0 rings (SSSR count). The zero-order valence-electron chi connectivity index (χ0n) is 11.1. The van der Waals surface area contributed by atoms with E-state index in [2.05, 4.69) is 43.6 Å². The first-order valence-electron chi connectivity index (χ1n) is 5.74. The number of rotatable bonds is 6. The zero-order chi connectivity index (χ0) is 12.7. The van der Waals surface area contributed by atoms with Crippen molar-refractivity contribution >= 4 is 12.6 Å². The molecule has 0 atom stereocenters. The van der Waals surface area contributed by atoms with Crippen LogP contribution in [-0.2, 0) is 0 Å². The molecule has 0 aromatic rings. The van der Waals surface area contributed by atoms with Gasteiger partial charge in [0.15, 0.2) is 0 Å². The molecule has 0 aliphatic heterocycles. The van der Waals surface area contributed by atoms with Gasteiger partial charge in [-0.05, 0) is 27.2 Å². The van der Waals surface area contributed by atoms with Gasteiger partial charge in [0.05, 0.1) is 6.54 Å². The first-order chi connectivity index (χ1) is 7.47. The largest absolute Gasteiger partial charge is 0.399 e. The average molecular weight is 243 g/mol. The van der Waals surface area contributed by atoms with E-state index in [4.69, 9.17) is 5.73 Å². The van der Waals surface area contributed by atoms with Crippen LogP contribution in [0.15, 0.2) is 22.0 Å². The van der Waals surface area contributed by atoms with Crippen molar-refractivity contribution in [3.63, 3.8) is 0 Å². The first-order valence-corrected chi connectivity index (χ1v) is 6.19. The Kier molecular flexibility index (Phi) is 7.13. The van der Waals surface area contributed by atoms with E-state index in [9.17, 15) is 0 Å². The summed E-state index contributed by atoms with van der Waals surface area (Å²) in [5.41, 5.74) is 9.13. The number of hydrogen-bond acceptors (Lipinski definition) is 4. The van der Waals surface area contributed by atoms with Gasteiger partial charge in [-0.2, -0.15) is 0 Å². The number of nitrogens with two attached hydrogens (primary N) is 1. The molecule has 4 heteroatoms. The van der Waals surface area contributed by atoms with Crippen LogP contribution in [0, 0.1) is 0 Å². The molecule has 3 N–H and O–H groups in total. The number of likely N-dealkylation sites (N-methyl/N-ethyl adjacent to an activating group) is 1. The van der Waals surface area contributed by atoms with Gasteiger partial charge in [-0.25, -0.2) is 0 Å². The second-order valence-electron chi connectivity index (χ2n) is 3.80. The molecular weight excluding hydrogens is 218 g/mol. The molecule has 0 heterocycles. The molecule has 0 spiro atoms. The summed E-state index contributed by atoms with van der Waals surface area (Å²) in [5.74, 6) is 0. The van der Waals surface area contributed by atoms with Crippen LogP contribution < -0.4 is 11.1 Å². The third-order valence-electron chi connectivity index (χ3n) is 2.83. The average Bonchev–Trinajstić information content (AvgIpc) is 2.32. The number of nitrogens with one attached hydrogen (secondary N) is 1. The Labute approximate surface area is 105 Å². The maximum Gasteiger partial charge on any atom is 0.0589 e. The molecule has 0 fully saturated rings. The predicted molar refractivity (Wildman–Crippen MR) is 75.2 cm³/mol. The van der Waals surface area contributed by atoms with Crippen molar-refractivity contribution in [3.05, 3.63) is 22.0 Å². The Hall–Kier alpha value is -0.770. The van der Waals surface area contributed by atoms with Gasteiger partial charge in [-0.1, -0.05) is 6.92 Å². The molecule has 0 saturated heterocycles. The topological polar surface area (TPSA) is 41.3 Å². The summed E-state index contributed by atoms with van der Waals surface area (Å²) in [5, 5.41) is 3.07. The molecule has 16 heavy (non-hydrogen) atoms. The summed E-state index contributed by atoms with van der Waals surface area (Å²) in [7, 11) is 1.89. The van der Waals surface area contributed by atoms with E-state index in [0.717, 1.165) is 35.8 Å². The van der Waals surface area contributed by atoms with Crippen molar-refractivity contribution < 1.29 is 0 Å². The summed E-state index contributed by atoms with van der Waals surface area (Å²) in [6, 6.07) is 0. The molecule has 0 radical (unpaired) electrons. The van der Waals surface area contributed by atoms with Crippen molar-refractivity contribution in [2.45, 2.75) is 34.1 Å². The lowest BCUT2D eigenvalue weighted by Gasteiger charge is -2.26. The van der Waals surface area contributed by atoms with Gasteiger partial charge in [0.1, 0.15) is 0 Å². The molecule has 0 aromatic heterocycles. The molecule has 94 valence electrons. The van der Waals surface area contributed by atoms with Crippen molar-refractivity contribution in [1.29, 1.82) is 0 Å². The Morgan fingerprint density at radius 3 is 2.25 bits per heavy atom. The van der Waals surface area contributed by atoms with Crippen LogP contribution in [0.25, 0.3) is 0 Å². The van der Waals surface area contributed by atoms with Crippen molar-refractivity contribution in [3.8, 4) is 0 Å². The molecule has 0 aliphatic rings. The van der Waals surface area contributed by atoms with E-state index in [1.807, 2.05) is 14.0 Å². The molecule has 0 saturated carbocycles. The fourth-order valence-electron chi connectivity index (χ4n) is 1.39. The van der Waals surface area contributed by atoms with E-state index in [-0.39, 0.29) is 0 Å². The van der Waals surface area contributed by atoms with E-state index < -0.39 is 0 Å². The summed E-state index contributed by atoms with van der Waals surface area (Å²) < 4.78 is 0. The van der Waals surface area contributed by atoms with Gasteiger partial charge >= 0.3 is 0 Å². The lowest BCUT2D eigenvalue weighted by Crippen LogP contribution is -2.29. The Morgan fingerprint density at radius 2 is 1.88 bits per heavy atom. The van der Waals surface area contributed by atoms with Crippen molar-refractivity contribution in [1.82, 2.24) is 10.2 Å². The maximum atomic E-state index is 6.01. The quantitative estimate of drug-likeness (QED) is 0.627. The third-order valence-corrected chi connectivity index (χ3v) is 3.47. The molecule has 0 bridgehead atoms. The van der Waals surface area contributed by atoms with Gasteiger partial charge in [0, 0.05) is 35.6 Å². The molecule has 0 unspecified atom stereocenters. The number of thiol groups is 1. The van der Waals surface area contributed by atoms with Crippen LogP contribution in [0.3, 0.4) is 0 Å². The second-order valence-corrected chi connectivity index (χ2v) is 4.34. The number of hydrogen-bond donors (Lipinski definition) is 3. The number of nitrogens with zero attached hydrogens (tertiary/aromatic N) is 1. The van der Waals surface area contributed by atoms with Crippen LogP contribution in [0.5, 0.6) is 0 Å². The summed E-state index contributed by atoms with van der Waals surface area (Å²) in [4.78, 5) is 3.36. The van der Waals surface area contributed by atoms with Crippen molar-refractivity contribution in [2.24, 2.45) is 5.73 Å².